The fourth-order valence-electron chi connectivity index (χ4n) is 5.55. The molecule has 0 radical (unpaired) electrons. The quantitative estimate of drug-likeness (QED) is 0.196. The Morgan fingerprint density at radius 1 is 0.897 bits per heavy atom. The van der Waals surface area contributed by atoms with Crippen LogP contribution in [0.1, 0.15) is 89.9 Å². The van der Waals surface area contributed by atoms with E-state index < -0.39 is 14.9 Å². The molecule has 8 heteroatoms. The van der Waals surface area contributed by atoms with E-state index in [0.717, 1.165) is 66.1 Å². The maximum Gasteiger partial charge on any atom is 0.278 e. The maximum absolute atomic E-state index is 13.4. The van der Waals surface area contributed by atoms with Crippen LogP contribution >= 0.6 is 11.8 Å². The number of fused-ring (bicyclic) bond motifs is 2. The molecule has 39 heavy (non-hydrogen) atoms. The van der Waals surface area contributed by atoms with Gasteiger partial charge in [-0.3, -0.25) is 4.55 Å². The van der Waals surface area contributed by atoms with Gasteiger partial charge >= 0.3 is 0 Å². The average Bonchev–Trinajstić information content (AvgIpc) is 2.94. The Bertz CT molecular complexity index is 1330. The van der Waals surface area contributed by atoms with Gasteiger partial charge in [0.25, 0.3) is 10.1 Å². The van der Waals surface area contributed by atoms with Crippen molar-refractivity contribution in [2.24, 2.45) is 0 Å². The molecule has 2 heterocycles. The van der Waals surface area contributed by atoms with Gasteiger partial charge in [-0.25, -0.2) is 9.97 Å². The van der Waals surface area contributed by atoms with E-state index in [0.29, 0.717) is 6.42 Å². The molecule has 0 spiro atoms. The third-order valence-electron chi connectivity index (χ3n) is 7.67. The van der Waals surface area contributed by atoms with Crippen molar-refractivity contribution in [3.8, 4) is 0 Å². The summed E-state index contributed by atoms with van der Waals surface area (Å²) in [6.45, 7) is 6.39. The predicted octanol–water partition coefficient (Wildman–Crippen LogP) is 8.34. The number of nitrogens with zero attached hydrogens (tertiary/aromatic N) is 3. The van der Waals surface area contributed by atoms with Gasteiger partial charge in [-0.15, -0.1) is 0 Å². The van der Waals surface area contributed by atoms with E-state index in [1.54, 1.807) is 30.2 Å². The van der Waals surface area contributed by atoms with Crippen molar-refractivity contribution in [2.45, 2.75) is 106 Å². The predicted molar refractivity (Wildman–Crippen MR) is 160 cm³/mol. The van der Waals surface area contributed by atoms with Crippen molar-refractivity contribution < 1.29 is 13.0 Å². The van der Waals surface area contributed by atoms with Crippen molar-refractivity contribution in [2.75, 3.05) is 4.90 Å². The van der Waals surface area contributed by atoms with E-state index in [9.17, 15) is 13.0 Å². The molecule has 0 saturated carbocycles. The first kappa shape index (κ1) is 29.6. The summed E-state index contributed by atoms with van der Waals surface area (Å²) in [5.74, 6) is 0.180. The highest BCUT2D eigenvalue weighted by Gasteiger charge is 2.49. The Morgan fingerprint density at radius 3 is 2.28 bits per heavy atom. The number of aromatic nitrogens is 2. The van der Waals surface area contributed by atoms with Crippen LogP contribution in [-0.4, -0.2) is 29.0 Å². The average molecular weight is 568 g/mol. The highest BCUT2D eigenvalue weighted by molar-refractivity contribution is 7.99. The molecule has 0 amide bonds. The number of benzene rings is 2. The van der Waals surface area contributed by atoms with Gasteiger partial charge in [-0.1, -0.05) is 82.8 Å². The first-order valence-electron chi connectivity index (χ1n) is 14.3. The highest BCUT2D eigenvalue weighted by atomic mass is 32.2. The van der Waals surface area contributed by atoms with E-state index in [1.165, 1.54) is 5.56 Å². The Kier molecular flexibility index (Phi) is 10.1. The molecular formula is C31H41N3O3S2. The maximum atomic E-state index is 13.4. The third-order valence-corrected chi connectivity index (χ3v) is 10.3. The molecule has 2 aromatic carbocycles. The molecular weight excluding hydrogens is 526 g/mol. The Hall–Kier alpha value is -2.42. The van der Waals surface area contributed by atoms with Gasteiger partial charge in [0.2, 0.25) is 0 Å². The molecule has 210 valence electrons. The minimum absolute atomic E-state index is 0.180. The number of unbranched alkanes of at least 4 members (excludes halogenated alkanes) is 3. The summed E-state index contributed by atoms with van der Waals surface area (Å²) in [7, 11) is -4.54. The molecule has 4 rings (SSSR count). The van der Waals surface area contributed by atoms with E-state index >= 15 is 0 Å². The summed E-state index contributed by atoms with van der Waals surface area (Å²) in [5, 5.41) is 0. The van der Waals surface area contributed by atoms with Gasteiger partial charge in [0, 0.05) is 28.2 Å². The van der Waals surface area contributed by atoms with Crippen LogP contribution in [0.4, 0.5) is 11.4 Å². The molecule has 3 aromatic rings. The Morgan fingerprint density at radius 2 is 1.59 bits per heavy atom. The summed E-state index contributed by atoms with van der Waals surface area (Å²) in [6, 6.07) is 16.6. The second-order valence-electron chi connectivity index (χ2n) is 10.5. The number of aryl methyl sites for hydroxylation is 1. The number of para-hydroxylation sites is 1. The summed E-state index contributed by atoms with van der Waals surface area (Å²) in [4.78, 5) is 13.5. The molecule has 6 nitrogen and oxygen atoms in total. The molecule has 0 aliphatic carbocycles. The second-order valence-corrected chi connectivity index (χ2v) is 13.3. The van der Waals surface area contributed by atoms with Crippen molar-refractivity contribution in [1.29, 1.82) is 0 Å². The van der Waals surface area contributed by atoms with Gasteiger partial charge in [0.05, 0.1) is 11.4 Å². The zero-order chi connectivity index (χ0) is 27.9. The molecule has 1 aliphatic heterocycles. The van der Waals surface area contributed by atoms with Crippen LogP contribution in [0.25, 0.3) is 0 Å². The minimum atomic E-state index is -4.54. The van der Waals surface area contributed by atoms with E-state index in [4.69, 9.17) is 0 Å². The van der Waals surface area contributed by atoms with Gasteiger partial charge in [0.1, 0.15) is 0 Å². The molecule has 0 fully saturated rings. The Balaban J connectivity index is 1.89. The van der Waals surface area contributed by atoms with Gasteiger partial charge in [0.15, 0.2) is 10.6 Å². The molecule has 1 aromatic heterocycles. The fourth-order valence-corrected chi connectivity index (χ4v) is 7.75. The van der Waals surface area contributed by atoms with Crippen molar-refractivity contribution in [1.82, 2.24) is 9.97 Å². The SMILES string of the molecule is CCCCc1ccc2c(c1)N(C(CCCC)CC(CCCC)(c1ncccn1)S(=O)(=O)O)c1ccccc1S2. The lowest BCUT2D eigenvalue weighted by molar-refractivity contribution is 0.346. The number of anilines is 2. The first-order valence-corrected chi connectivity index (χ1v) is 16.5. The lowest BCUT2D eigenvalue weighted by Gasteiger charge is -2.42. The van der Waals surface area contributed by atoms with Crippen molar-refractivity contribution in [3.63, 3.8) is 0 Å². The monoisotopic (exact) mass is 567 g/mol. The topological polar surface area (TPSA) is 83.4 Å². The number of rotatable bonds is 14. The minimum Gasteiger partial charge on any atom is -0.336 e. The standard InChI is InChI=1S/C31H41N3O3S2/c1-4-7-13-24-17-18-29-27(22-24)34(26-15-10-11-16-28(26)38-29)25(14-8-5-2)23-31(19-9-6-3,39(35,36)37)30-32-20-12-21-33-30/h10-12,15-18,20-22,25H,4-9,13-14,19,23H2,1-3H3,(H,35,36,37). The fraction of sp³-hybridized carbons (Fsp3) is 0.484. The van der Waals surface area contributed by atoms with Gasteiger partial charge < -0.3 is 4.90 Å². The third kappa shape index (κ3) is 6.50. The van der Waals surface area contributed by atoms with Crippen LogP contribution in [0.15, 0.2) is 70.7 Å². The Labute approximate surface area is 238 Å². The van der Waals surface area contributed by atoms with Gasteiger partial charge in [-0.2, -0.15) is 8.42 Å². The lowest BCUT2D eigenvalue weighted by Crippen LogP contribution is -2.45. The first-order chi connectivity index (χ1) is 18.8. The molecule has 2 unspecified atom stereocenters. The summed E-state index contributed by atoms with van der Waals surface area (Å²) in [5.41, 5.74) is 3.48. The largest absolute Gasteiger partial charge is 0.336 e. The van der Waals surface area contributed by atoms with Crippen LogP contribution < -0.4 is 4.90 Å². The molecule has 0 bridgehead atoms. The second kappa shape index (κ2) is 13.3. The van der Waals surface area contributed by atoms with Crippen LogP contribution in [0.3, 0.4) is 0 Å². The molecule has 1 aliphatic rings. The van der Waals surface area contributed by atoms with Crippen LogP contribution in [0.2, 0.25) is 0 Å². The smallest absolute Gasteiger partial charge is 0.278 e. The van der Waals surface area contributed by atoms with Crippen molar-refractivity contribution in [3.05, 3.63) is 72.3 Å². The number of hydrogen-bond acceptors (Lipinski definition) is 6. The zero-order valence-corrected chi connectivity index (χ0v) is 25.0. The highest BCUT2D eigenvalue weighted by Crippen LogP contribution is 2.51. The van der Waals surface area contributed by atoms with Crippen LogP contribution in [0.5, 0.6) is 0 Å². The summed E-state index contributed by atoms with van der Waals surface area (Å²) >= 11 is 1.76. The summed E-state index contributed by atoms with van der Waals surface area (Å²) in [6.07, 6.45) is 11.0. The summed E-state index contributed by atoms with van der Waals surface area (Å²) < 4.78 is 36.0. The van der Waals surface area contributed by atoms with Crippen molar-refractivity contribution >= 4 is 33.3 Å². The van der Waals surface area contributed by atoms with Gasteiger partial charge in [-0.05, 0) is 68.0 Å². The van der Waals surface area contributed by atoms with Crippen LogP contribution in [-0.2, 0) is 21.3 Å². The van der Waals surface area contributed by atoms with E-state index in [-0.39, 0.29) is 24.7 Å². The van der Waals surface area contributed by atoms with E-state index in [2.05, 4.69) is 59.0 Å². The molecule has 1 N–H and O–H groups in total. The normalized spacial score (nSPS) is 15.3. The van der Waals surface area contributed by atoms with E-state index in [1.807, 2.05) is 19.1 Å². The lowest BCUT2D eigenvalue weighted by atomic mass is 9.88. The molecule has 2 atom stereocenters. The zero-order valence-electron chi connectivity index (χ0n) is 23.3. The number of hydrogen-bond donors (Lipinski definition) is 1. The van der Waals surface area contributed by atoms with Crippen LogP contribution in [0, 0.1) is 0 Å². The molecule has 0 saturated heterocycles.